The molecule has 2 N–H and O–H groups in total. The summed E-state index contributed by atoms with van der Waals surface area (Å²) in [6.07, 6.45) is 1.64. The molecule has 0 fully saturated rings. The van der Waals surface area contributed by atoms with Gasteiger partial charge in [-0.05, 0) is 38.1 Å². The Labute approximate surface area is 125 Å². The van der Waals surface area contributed by atoms with Gasteiger partial charge >= 0.3 is 0 Å². The number of benzene rings is 1. The molecule has 0 aliphatic carbocycles. The van der Waals surface area contributed by atoms with Gasteiger partial charge in [0, 0.05) is 11.6 Å². The average molecular weight is 314 g/mol. The highest BCUT2D eigenvalue weighted by molar-refractivity contribution is 7.89. The maximum Gasteiger partial charge on any atom is 0.251 e. The van der Waals surface area contributed by atoms with Gasteiger partial charge in [-0.25, -0.2) is 13.1 Å². The number of methoxy groups -OCH3 is 1. The van der Waals surface area contributed by atoms with E-state index in [0.717, 1.165) is 12.8 Å². The molecule has 0 saturated heterocycles. The molecule has 118 valence electrons. The second-order valence-corrected chi connectivity index (χ2v) is 6.42. The quantitative estimate of drug-likeness (QED) is 0.799. The van der Waals surface area contributed by atoms with Crippen LogP contribution in [0.5, 0.6) is 5.75 Å². The zero-order chi connectivity index (χ0) is 16.0. The summed E-state index contributed by atoms with van der Waals surface area (Å²) >= 11 is 0. The van der Waals surface area contributed by atoms with E-state index in [1.54, 1.807) is 6.07 Å². The van der Waals surface area contributed by atoms with E-state index < -0.39 is 10.0 Å². The van der Waals surface area contributed by atoms with Crippen LogP contribution < -0.4 is 14.8 Å². The lowest BCUT2D eigenvalue weighted by Crippen LogP contribution is -2.34. The number of rotatable bonds is 7. The fourth-order valence-corrected chi connectivity index (χ4v) is 2.82. The third kappa shape index (κ3) is 4.18. The van der Waals surface area contributed by atoms with Crippen LogP contribution in [0.4, 0.5) is 0 Å². The molecule has 1 aromatic rings. The van der Waals surface area contributed by atoms with Gasteiger partial charge in [-0.15, -0.1) is 0 Å². The van der Waals surface area contributed by atoms with Crippen LogP contribution >= 0.6 is 0 Å². The van der Waals surface area contributed by atoms with E-state index in [9.17, 15) is 13.2 Å². The largest absolute Gasteiger partial charge is 0.495 e. The van der Waals surface area contributed by atoms with Gasteiger partial charge in [0.05, 0.1) is 7.11 Å². The highest BCUT2D eigenvalue weighted by Crippen LogP contribution is 2.24. The van der Waals surface area contributed by atoms with E-state index in [1.165, 1.54) is 26.3 Å². The number of amides is 1. The monoisotopic (exact) mass is 314 g/mol. The predicted molar refractivity (Wildman–Crippen MR) is 81.1 cm³/mol. The van der Waals surface area contributed by atoms with Crippen molar-refractivity contribution in [1.29, 1.82) is 0 Å². The SMILES string of the molecule is CCC(CC)NC(=O)c1ccc(OC)c(S(=O)(=O)NC)c1. The van der Waals surface area contributed by atoms with Crippen LogP contribution in [0.3, 0.4) is 0 Å². The summed E-state index contributed by atoms with van der Waals surface area (Å²) in [6.45, 7) is 3.97. The molecule has 0 heterocycles. The van der Waals surface area contributed by atoms with Crippen LogP contribution in [0.1, 0.15) is 37.0 Å². The minimum atomic E-state index is -3.69. The van der Waals surface area contributed by atoms with E-state index in [2.05, 4.69) is 10.0 Å². The Morgan fingerprint density at radius 1 is 1.29 bits per heavy atom. The maximum atomic E-state index is 12.2. The molecule has 0 spiro atoms. The van der Waals surface area contributed by atoms with Gasteiger partial charge in [0.15, 0.2) is 0 Å². The van der Waals surface area contributed by atoms with E-state index in [1.807, 2.05) is 13.8 Å². The Bertz CT molecular complexity index is 595. The van der Waals surface area contributed by atoms with Crippen molar-refractivity contribution in [3.8, 4) is 5.75 Å². The summed E-state index contributed by atoms with van der Waals surface area (Å²) in [6, 6.07) is 4.42. The summed E-state index contributed by atoms with van der Waals surface area (Å²) < 4.78 is 31.2. The molecule has 0 unspecified atom stereocenters. The number of sulfonamides is 1. The lowest BCUT2D eigenvalue weighted by atomic mass is 10.1. The van der Waals surface area contributed by atoms with E-state index >= 15 is 0 Å². The Morgan fingerprint density at radius 2 is 1.90 bits per heavy atom. The third-order valence-corrected chi connectivity index (χ3v) is 4.74. The Kier molecular flexibility index (Phi) is 6.17. The van der Waals surface area contributed by atoms with Crippen LogP contribution in [0, 0.1) is 0 Å². The molecule has 0 radical (unpaired) electrons. The lowest BCUT2D eigenvalue weighted by molar-refractivity contribution is 0.0934. The molecular weight excluding hydrogens is 292 g/mol. The molecule has 0 saturated carbocycles. The first-order chi connectivity index (χ1) is 9.89. The molecule has 0 aromatic heterocycles. The molecule has 6 nitrogen and oxygen atoms in total. The first-order valence-electron chi connectivity index (χ1n) is 6.82. The van der Waals surface area contributed by atoms with Gasteiger partial charge in [-0.1, -0.05) is 13.8 Å². The van der Waals surface area contributed by atoms with E-state index in [0.29, 0.717) is 0 Å². The molecule has 21 heavy (non-hydrogen) atoms. The fourth-order valence-electron chi connectivity index (χ4n) is 1.90. The van der Waals surface area contributed by atoms with Gasteiger partial charge < -0.3 is 10.1 Å². The standard InChI is InChI=1S/C14H22N2O4S/c1-5-11(6-2)16-14(17)10-7-8-12(20-4)13(9-10)21(18,19)15-3/h7-9,11,15H,5-6H2,1-4H3,(H,16,17). The Hall–Kier alpha value is -1.60. The average Bonchev–Trinajstić information content (AvgIpc) is 2.51. The van der Waals surface area contributed by atoms with Gasteiger partial charge in [0.25, 0.3) is 5.91 Å². The number of ether oxygens (including phenoxy) is 1. The number of carbonyl (C=O) groups excluding carboxylic acids is 1. The van der Waals surface area contributed by atoms with Gasteiger partial charge in [0.2, 0.25) is 10.0 Å². The number of carbonyl (C=O) groups is 1. The van der Waals surface area contributed by atoms with Gasteiger partial charge in [0.1, 0.15) is 10.6 Å². The van der Waals surface area contributed by atoms with Crippen LogP contribution in [0.15, 0.2) is 23.1 Å². The summed E-state index contributed by atoms with van der Waals surface area (Å²) in [7, 11) is -0.997. The normalized spacial score (nSPS) is 11.5. The minimum Gasteiger partial charge on any atom is -0.495 e. The molecule has 0 atom stereocenters. The van der Waals surface area contributed by atoms with Crippen molar-refractivity contribution in [3.05, 3.63) is 23.8 Å². The van der Waals surface area contributed by atoms with E-state index in [-0.39, 0.29) is 28.2 Å². The minimum absolute atomic E-state index is 0.0512. The molecule has 0 aliphatic rings. The zero-order valence-corrected chi connectivity index (χ0v) is 13.6. The molecule has 1 rings (SSSR count). The third-order valence-electron chi connectivity index (χ3n) is 3.30. The summed E-state index contributed by atoms with van der Waals surface area (Å²) in [5.41, 5.74) is 0.288. The molecule has 0 bridgehead atoms. The topological polar surface area (TPSA) is 84.5 Å². The highest BCUT2D eigenvalue weighted by Gasteiger charge is 2.20. The van der Waals surface area contributed by atoms with Crippen molar-refractivity contribution in [2.75, 3.05) is 14.2 Å². The molecular formula is C14H22N2O4S. The first-order valence-corrected chi connectivity index (χ1v) is 8.30. The second-order valence-electron chi connectivity index (χ2n) is 4.56. The smallest absolute Gasteiger partial charge is 0.251 e. The van der Waals surface area contributed by atoms with Crippen molar-refractivity contribution >= 4 is 15.9 Å². The van der Waals surface area contributed by atoms with Crippen LogP contribution in [-0.4, -0.2) is 34.5 Å². The highest BCUT2D eigenvalue weighted by atomic mass is 32.2. The van der Waals surface area contributed by atoms with Crippen molar-refractivity contribution < 1.29 is 17.9 Å². The van der Waals surface area contributed by atoms with Crippen LogP contribution in [-0.2, 0) is 10.0 Å². The predicted octanol–water partition coefficient (Wildman–Crippen LogP) is 1.52. The zero-order valence-electron chi connectivity index (χ0n) is 12.8. The van der Waals surface area contributed by atoms with Crippen molar-refractivity contribution in [1.82, 2.24) is 10.0 Å². The van der Waals surface area contributed by atoms with Gasteiger partial charge in [-0.2, -0.15) is 0 Å². The Balaban J connectivity index is 3.17. The summed E-state index contributed by atoms with van der Waals surface area (Å²) in [4.78, 5) is 12.1. The van der Waals surface area contributed by atoms with Crippen molar-refractivity contribution in [2.45, 2.75) is 37.6 Å². The lowest BCUT2D eigenvalue weighted by Gasteiger charge is -2.16. The summed E-state index contributed by atoms with van der Waals surface area (Å²) in [5, 5.41) is 2.87. The van der Waals surface area contributed by atoms with E-state index in [4.69, 9.17) is 4.74 Å². The van der Waals surface area contributed by atoms with Gasteiger partial charge in [-0.3, -0.25) is 4.79 Å². The second kappa shape index (κ2) is 7.42. The molecule has 7 heteroatoms. The van der Waals surface area contributed by atoms with Crippen molar-refractivity contribution in [2.24, 2.45) is 0 Å². The fraction of sp³-hybridized carbons (Fsp3) is 0.500. The molecule has 0 aliphatic heterocycles. The Morgan fingerprint density at radius 3 is 2.38 bits per heavy atom. The summed E-state index contributed by atoms with van der Waals surface area (Å²) in [5.74, 6) is -0.0951. The molecule has 1 amide bonds. The molecule has 1 aromatic carbocycles. The van der Waals surface area contributed by atoms with Crippen LogP contribution in [0.25, 0.3) is 0 Å². The number of hydrogen-bond acceptors (Lipinski definition) is 4. The first kappa shape index (κ1) is 17.5. The van der Waals surface area contributed by atoms with Crippen molar-refractivity contribution in [3.63, 3.8) is 0 Å². The van der Waals surface area contributed by atoms with Crippen LogP contribution in [0.2, 0.25) is 0 Å². The number of hydrogen-bond donors (Lipinski definition) is 2. The number of nitrogens with one attached hydrogen (secondary N) is 2. The maximum absolute atomic E-state index is 12.2.